The predicted octanol–water partition coefficient (Wildman–Crippen LogP) is 5.17. The van der Waals surface area contributed by atoms with Crippen molar-refractivity contribution in [2.75, 3.05) is 5.32 Å². The Hall–Kier alpha value is -2.34. The van der Waals surface area contributed by atoms with Crippen LogP contribution in [0.25, 0.3) is 0 Å². The van der Waals surface area contributed by atoms with Crippen molar-refractivity contribution in [1.82, 2.24) is 9.78 Å². The molecule has 0 aliphatic carbocycles. The number of hydrogen-bond acceptors (Lipinski definition) is 3. The van der Waals surface area contributed by atoms with E-state index in [0.29, 0.717) is 21.3 Å². The van der Waals surface area contributed by atoms with Gasteiger partial charge in [-0.1, -0.05) is 46.9 Å². The summed E-state index contributed by atoms with van der Waals surface area (Å²) in [6, 6.07) is 11.3. The monoisotopic (exact) mass is 421 g/mol. The van der Waals surface area contributed by atoms with Crippen LogP contribution < -0.4 is 5.32 Å². The van der Waals surface area contributed by atoms with E-state index in [4.69, 9.17) is 34.8 Å². The van der Waals surface area contributed by atoms with Crippen LogP contribution in [0.4, 0.5) is 5.82 Å². The average Bonchev–Trinajstić information content (AvgIpc) is 2.88. The molecule has 0 bridgehead atoms. The molecule has 2 aromatic carbocycles. The lowest BCUT2D eigenvalue weighted by molar-refractivity contribution is 0.102. The van der Waals surface area contributed by atoms with Gasteiger partial charge in [-0.3, -0.25) is 14.3 Å². The second-order valence-electron chi connectivity index (χ2n) is 5.82. The van der Waals surface area contributed by atoms with Crippen LogP contribution in [-0.4, -0.2) is 21.5 Å². The van der Waals surface area contributed by atoms with Crippen LogP contribution in [-0.2, 0) is 7.05 Å². The van der Waals surface area contributed by atoms with Crippen molar-refractivity contribution < 1.29 is 9.59 Å². The number of aromatic nitrogens is 2. The Labute approximate surface area is 170 Å². The minimum absolute atomic E-state index is 0.221. The number of nitrogens with zero attached hydrogens (tertiary/aromatic N) is 2. The molecule has 3 aromatic rings. The highest BCUT2D eigenvalue weighted by atomic mass is 35.5. The third-order valence-electron chi connectivity index (χ3n) is 3.98. The van der Waals surface area contributed by atoms with Crippen LogP contribution in [0, 0.1) is 6.92 Å². The molecule has 0 unspecified atom stereocenters. The van der Waals surface area contributed by atoms with E-state index in [-0.39, 0.29) is 27.8 Å². The molecule has 5 nitrogen and oxygen atoms in total. The second-order valence-corrected chi connectivity index (χ2v) is 7.07. The Morgan fingerprint density at radius 1 is 1.00 bits per heavy atom. The standard InChI is InChI=1S/C19H14Cl3N3O2/c1-10-16(17(26)12-8-7-11(20)9-15(12)22)18(25(2)24-10)23-19(27)13-5-3-4-6-14(13)21/h3-9H,1-2H3,(H,23,27). The topological polar surface area (TPSA) is 64.0 Å². The largest absolute Gasteiger partial charge is 0.306 e. The first kappa shape index (κ1) is 19.4. The zero-order valence-electron chi connectivity index (χ0n) is 14.4. The number of rotatable bonds is 4. The smallest absolute Gasteiger partial charge is 0.258 e. The lowest BCUT2D eigenvalue weighted by atomic mass is 10.0. The van der Waals surface area contributed by atoms with E-state index in [1.165, 1.54) is 10.7 Å². The fourth-order valence-electron chi connectivity index (χ4n) is 2.70. The second kappa shape index (κ2) is 7.72. The van der Waals surface area contributed by atoms with Gasteiger partial charge >= 0.3 is 0 Å². The molecule has 0 fully saturated rings. The molecule has 1 aromatic heterocycles. The highest BCUT2D eigenvalue weighted by Gasteiger charge is 2.25. The summed E-state index contributed by atoms with van der Waals surface area (Å²) < 4.78 is 1.43. The molecule has 0 radical (unpaired) electrons. The molecule has 27 heavy (non-hydrogen) atoms. The van der Waals surface area contributed by atoms with Gasteiger partial charge in [0.05, 0.1) is 26.9 Å². The van der Waals surface area contributed by atoms with Crippen molar-refractivity contribution in [3.8, 4) is 0 Å². The van der Waals surface area contributed by atoms with Crippen molar-refractivity contribution in [2.45, 2.75) is 6.92 Å². The number of hydrogen-bond donors (Lipinski definition) is 1. The number of benzene rings is 2. The number of aryl methyl sites for hydroxylation is 2. The van der Waals surface area contributed by atoms with E-state index in [9.17, 15) is 9.59 Å². The molecule has 0 saturated carbocycles. The number of anilines is 1. The van der Waals surface area contributed by atoms with E-state index in [1.807, 2.05) is 0 Å². The SMILES string of the molecule is Cc1nn(C)c(NC(=O)c2ccccc2Cl)c1C(=O)c1ccc(Cl)cc1Cl. The number of ketones is 1. The molecule has 138 valence electrons. The number of amides is 1. The van der Waals surface area contributed by atoms with Crippen molar-refractivity contribution in [3.05, 3.63) is 79.9 Å². The number of halogens is 3. The lowest BCUT2D eigenvalue weighted by Crippen LogP contribution is -2.17. The molecule has 1 N–H and O–H groups in total. The van der Waals surface area contributed by atoms with E-state index in [1.54, 1.807) is 50.4 Å². The Balaban J connectivity index is 2.02. The quantitative estimate of drug-likeness (QED) is 0.590. The summed E-state index contributed by atoms with van der Waals surface area (Å²) in [6.07, 6.45) is 0. The van der Waals surface area contributed by atoms with Crippen LogP contribution >= 0.6 is 34.8 Å². The Morgan fingerprint density at radius 2 is 1.70 bits per heavy atom. The summed E-state index contributed by atoms with van der Waals surface area (Å²) in [5.41, 5.74) is 1.27. The molecule has 0 saturated heterocycles. The minimum atomic E-state index is -0.445. The van der Waals surface area contributed by atoms with E-state index >= 15 is 0 Å². The highest BCUT2D eigenvalue weighted by Crippen LogP contribution is 2.28. The summed E-state index contributed by atoms with van der Waals surface area (Å²) in [5.74, 6) is -0.551. The normalized spacial score (nSPS) is 10.7. The number of carbonyl (C=O) groups excluding carboxylic acids is 2. The Bertz CT molecular complexity index is 1060. The van der Waals surface area contributed by atoms with E-state index in [2.05, 4.69) is 10.4 Å². The molecular weight excluding hydrogens is 409 g/mol. The Morgan fingerprint density at radius 3 is 2.37 bits per heavy atom. The maximum Gasteiger partial charge on any atom is 0.258 e. The maximum absolute atomic E-state index is 13.1. The molecule has 0 aliphatic heterocycles. The van der Waals surface area contributed by atoms with Gasteiger partial charge < -0.3 is 5.32 Å². The van der Waals surface area contributed by atoms with Gasteiger partial charge in [0.25, 0.3) is 5.91 Å². The van der Waals surface area contributed by atoms with Crippen LogP contribution in [0.1, 0.15) is 32.0 Å². The van der Waals surface area contributed by atoms with Crippen molar-refractivity contribution in [3.63, 3.8) is 0 Å². The zero-order valence-corrected chi connectivity index (χ0v) is 16.7. The molecule has 0 atom stereocenters. The van der Waals surface area contributed by atoms with Crippen LogP contribution in [0.5, 0.6) is 0 Å². The summed E-state index contributed by atoms with van der Waals surface area (Å²) in [7, 11) is 1.63. The van der Waals surface area contributed by atoms with Gasteiger partial charge in [0, 0.05) is 17.6 Å². The fourth-order valence-corrected chi connectivity index (χ4v) is 3.42. The third-order valence-corrected chi connectivity index (χ3v) is 4.85. The number of carbonyl (C=O) groups is 2. The van der Waals surface area contributed by atoms with Crippen LogP contribution in [0.15, 0.2) is 42.5 Å². The molecule has 3 rings (SSSR count). The van der Waals surface area contributed by atoms with Gasteiger partial charge in [0.2, 0.25) is 0 Å². The first-order valence-electron chi connectivity index (χ1n) is 7.89. The molecule has 1 amide bonds. The molecular formula is C19H14Cl3N3O2. The fraction of sp³-hybridized carbons (Fsp3) is 0.105. The van der Waals surface area contributed by atoms with Crippen LogP contribution in [0.3, 0.4) is 0 Å². The third kappa shape index (κ3) is 3.86. The summed E-state index contributed by atoms with van der Waals surface area (Å²) in [5, 5.41) is 7.93. The van der Waals surface area contributed by atoms with Crippen LogP contribution in [0.2, 0.25) is 15.1 Å². The minimum Gasteiger partial charge on any atom is -0.306 e. The predicted molar refractivity (Wildman–Crippen MR) is 107 cm³/mol. The summed E-state index contributed by atoms with van der Waals surface area (Å²) in [4.78, 5) is 25.7. The molecule has 0 aliphatic rings. The van der Waals surface area contributed by atoms with Gasteiger partial charge in [0.15, 0.2) is 5.78 Å². The maximum atomic E-state index is 13.1. The van der Waals surface area contributed by atoms with Gasteiger partial charge in [-0.15, -0.1) is 0 Å². The van der Waals surface area contributed by atoms with Gasteiger partial charge in [-0.2, -0.15) is 5.10 Å². The zero-order chi connectivity index (χ0) is 19.7. The lowest BCUT2D eigenvalue weighted by Gasteiger charge is -2.10. The van der Waals surface area contributed by atoms with E-state index < -0.39 is 5.91 Å². The number of nitrogens with one attached hydrogen (secondary N) is 1. The highest BCUT2D eigenvalue weighted by molar-refractivity contribution is 6.38. The van der Waals surface area contributed by atoms with Gasteiger partial charge in [0.1, 0.15) is 5.82 Å². The van der Waals surface area contributed by atoms with Gasteiger partial charge in [-0.25, -0.2) is 0 Å². The van der Waals surface area contributed by atoms with Crippen molar-refractivity contribution in [1.29, 1.82) is 0 Å². The van der Waals surface area contributed by atoms with E-state index in [0.717, 1.165) is 0 Å². The van der Waals surface area contributed by atoms with Gasteiger partial charge in [-0.05, 0) is 37.3 Å². The summed E-state index contributed by atoms with van der Waals surface area (Å²) >= 11 is 18.2. The summed E-state index contributed by atoms with van der Waals surface area (Å²) in [6.45, 7) is 1.68. The van der Waals surface area contributed by atoms with Crippen molar-refractivity contribution in [2.24, 2.45) is 7.05 Å². The van der Waals surface area contributed by atoms with Crippen molar-refractivity contribution >= 4 is 52.3 Å². The Kier molecular flexibility index (Phi) is 5.56. The average molecular weight is 423 g/mol. The molecule has 0 spiro atoms. The first-order chi connectivity index (χ1) is 12.8. The first-order valence-corrected chi connectivity index (χ1v) is 9.02. The molecule has 1 heterocycles. The molecule has 8 heteroatoms.